The number of carbonyl (C=O) groups is 3. The monoisotopic (exact) mass is 458 g/mol. The number of esters is 1. The Kier molecular flexibility index (Phi) is 6.59. The summed E-state index contributed by atoms with van der Waals surface area (Å²) < 4.78 is 4.61. The van der Waals surface area contributed by atoms with Crippen molar-refractivity contribution in [1.82, 2.24) is 9.97 Å². The quantitative estimate of drug-likeness (QED) is 0.178. The summed E-state index contributed by atoms with van der Waals surface area (Å²) in [5, 5.41) is 13.6. The van der Waals surface area contributed by atoms with Crippen LogP contribution >= 0.6 is 11.6 Å². The van der Waals surface area contributed by atoms with Crippen molar-refractivity contribution in [2.24, 2.45) is 5.92 Å². The molecule has 2 N–H and O–H groups in total. The van der Waals surface area contributed by atoms with Crippen LogP contribution in [0.3, 0.4) is 0 Å². The van der Waals surface area contributed by atoms with Crippen molar-refractivity contribution < 1.29 is 24.0 Å². The average Bonchev–Trinajstić information content (AvgIpc) is 2.76. The van der Waals surface area contributed by atoms with Gasteiger partial charge < -0.3 is 15.0 Å². The maximum Gasteiger partial charge on any atom is 0.317 e. The molecule has 0 saturated carbocycles. The number of benzene rings is 2. The van der Waals surface area contributed by atoms with Gasteiger partial charge in [-0.3, -0.25) is 29.3 Å². The number of methoxy groups -OCH3 is 1. The number of aromatic nitrogens is 2. The lowest BCUT2D eigenvalue weighted by molar-refractivity contribution is -0.383. The molecule has 0 bridgehead atoms. The number of nitro groups is 1. The van der Waals surface area contributed by atoms with Crippen LogP contribution in [0.4, 0.5) is 11.4 Å². The van der Waals surface area contributed by atoms with Gasteiger partial charge in [0.1, 0.15) is 17.3 Å². The predicted molar refractivity (Wildman–Crippen MR) is 113 cm³/mol. The largest absolute Gasteiger partial charge is 0.468 e. The van der Waals surface area contributed by atoms with E-state index in [0.717, 1.165) is 13.2 Å². The molecule has 1 heterocycles. The molecule has 3 aromatic rings. The summed E-state index contributed by atoms with van der Waals surface area (Å²) in [7, 11) is 1.02. The summed E-state index contributed by atoms with van der Waals surface area (Å²) in [6.07, 6.45) is -0.524. The van der Waals surface area contributed by atoms with E-state index < -0.39 is 46.2 Å². The minimum absolute atomic E-state index is 0.179. The van der Waals surface area contributed by atoms with Gasteiger partial charge in [0.2, 0.25) is 5.78 Å². The lowest BCUT2D eigenvalue weighted by atomic mass is 9.97. The molecule has 0 aliphatic carbocycles. The van der Waals surface area contributed by atoms with Crippen molar-refractivity contribution in [2.75, 3.05) is 12.4 Å². The third-order valence-corrected chi connectivity index (χ3v) is 4.73. The Hall–Kier alpha value is -4.12. The molecule has 0 saturated heterocycles. The number of amides is 1. The van der Waals surface area contributed by atoms with E-state index in [4.69, 9.17) is 11.6 Å². The smallest absolute Gasteiger partial charge is 0.317 e. The Morgan fingerprint density at radius 2 is 1.97 bits per heavy atom. The van der Waals surface area contributed by atoms with Crippen molar-refractivity contribution in [2.45, 2.75) is 6.42 Å². The Balaban J connectivity index is 1.90. The molecule has 0 aliphatic rings. The number of ether oxygens (including phenoxy) is 1. The van der Waals surface area contributed by atoms with Crippen LogP contribution in [-0.2, 0) is 25.5 Å². The number of anilines is 1. The summed E-state index contributed by atoms with van der Waals surface area (Å²) in [5.41, 5.74) is -0.819. The maximum atomic E-state index is 12.7. The predicted octanol–water partition coefficient (Wildman–Crippen LogP) is 2.02. The van der Waals surface area contributed by atoms with Crippen molar-refractivity contribution in [3.63, 3.8) is 0 Å². The third kappa shape index (κ3) is 4.78. The van der Waals surface area contributed by atoms with Gasteiger partial charge in [0.25, 0.3) is 17.2 Å². The van der Waals surface area contributed by atoms with E-state index in [1.807, 2.05) is 0 Å². The maximum absolute atomic E-state index is 12.7. The minimum Gasteiger partial charge on any atom is -0.468 e. The first kappa shape index (κ1) is 22.6. The van der Waals surface area contributed by atoms with E-state index >= 15 is 0 Å². The molecular weight excluding hydrogens is 444 g/mol. The molecule has 2 aromatic carbocycles. The van der Waals surface area contributed by atoms with Crippen molar-refractivity contribution in [1.29, 1.82) is 0 Å². The summed E-state index contributed by atoms with van der Waals surface area (Å²) in [6, 6.07) is 9.75. The molecule has 0 radical (unpaired) electrons. The lowest BCUT2D eigenvalue weighted by Crippen LogP contribution is -2.37. The number of nitrogens with one attached hydrogen (secondary N) is 2. The highest BCUT2D eigenvalue weighted by molar-refractivity contribution is 6.44. The number of nitrogens with zero attached hydrogens (tertiary/aromatic N) is 2. The number of fused-ring (bicyclic) bond motifs is 1. The Labute approximate surface area is 184 Å². The first-order valence-electron chi connectivity index (χ1n) is 9.06. The zero-order chi connectivity index (χ0) is 23.4. The minimum atomic E-state index is -1.69. The number of nitro benzene ring substituents is 1. The lowest BCUT2D eigenvalue weighted by Gasteiger charge is -2.13. The SMILES string of the molecule is COC(=O)[C@@H](Cc1nc2ccc(Cl)cc2[nH]c1=O)C(=O)C(=O)Nc1ccccc1[N+](=O)[O-]. The molecular formula is C20H15ClN4O7. The van der Waals surface area contributed by atoms with Gasteiger partial charge in [-0.2, -0.15) is 0 Å². The number of hydrogen-bond donors (Lipinski definition) is 2. The molecule has 1 atom stereocenters. The zero-order valence-corrected chi connectivity index (χ0v) is 17.2. The molecule has 32 heavy (non-hydrogen) atoms. The number of halogens is 1. The van der Waals surface area contributed by atoms with Gasteiger partial charge in [-0.05, 0) is 24.3 Å². The highest BCUT2D eigenvalue weighted by Gasteiger charge is 2.35. The summed E-state index contributed by atoms with van der Waals surface area (Å²) >= 11 is 5.89. The van der Waals surface area contributed by atoms with Crippen molar-refractivity contribution in [3.05, 3.63) is 73.6 Å². The second-order valence-electron chi connectivity index (χ2n) is 6.55. The first-order valence-corrected chi connectivity index (χ1v) is 9.44. The summed E-state index contributed by atoms with van der Waals surface area (Å²) in [4.78, 5) is 66.9. The van der Waals surface area contributed by atoms with Gasteiger partial charge in [0.05, 0.1) is 23.1 Å². The number of H-pyrrole nitrogens is 1. The van der Waals surface area contributed by atoms with Crippen molar-refractivity contribution in [3.8, 4) is 0 Å². The molecule has 11 nitrogen and oxygen atoms in total. The third-order valence-electron chi connectivity index (χ3n) is 4.50. The number of aromatic amines is 1. The van der Waals surface area contributed by atoms with Gasteiger partial charge in [-0.15, -0.1) is 0 Å². The van der Waals surface area contributed by atoms with Crippen LogP contribution in [0.25, 0.3) is 11.0 Å². The molecule has 0 spiro atoms. The van der Waals surface area contributed by atoms with E-state index in [0.29, 0.717) is 16.1 Å². The van der Waals surface area contributed by atoms with E-state index in [9.17, 15) is 29.3 Å². The van der Waals surface area contributed by atoms with E-state index in [2.05, 4.69) is 20.0 Å². The second-order valence-corrected chi connectivity index (χ2v) is 6.98. The number of Topliss-reactive ketones (excluding diaryl/α,β-unsaturated/α-hetero) is 1. The van der Waals surface area contributed by atoms with Gasteiger partial charge in [0, 0.05) is 17.5 Å². The number of carbonyl (C=O) groups excluding carboxylic acids is 3. The highest BCUT2D eigenvalue weighted by atomic mass is 35.5. The second kappa shape index (κ2) is 9.35. The summed E-state index contributed by atoms with van der Waals surface area (Å²) in [6.45, 7) is 0. The fourth-order valence-corrected chi connectivity index (χ4v) is 3.11. The van der Waals surface area contributed by atoms with E-state index in [1.54, 1.807) is 6.07 Å². The summed E-state index contributed by atoms with van der Waals surface area (Å²) in [5.74, 6) is -5.28. The Bertz CT molecular complexity index is 1300. The van der Waals surface area contributed by atoms with Crippen LogP contribution in [0.2, 0.25) is 5.02 Å². The number of para-hydroxylation sites is 2. The standard InChI is InChI=1S/C20H15ClN4O7/c1-32-20(29)11(9-15-18(27)24-14-8-10(21)6-7-12(14)22-15)17(26)19(28)23-13-4-2-3-5-16(13)25(30)31/h2-8,11H,9H2,1H3,(H,23,28)(H,24,27)/t11-/m0/s1. The van der Waals surface area contributed by atoms with Crippen LogP contribution in [0.1, 0.15) is 5.69 Å². The van der Waals surface area contributed by atoms with Crippen LogP contribution in [0, 0.1) is 16.0 Å². The van der Waals surface area contributed by atoms with Crippen LogP contribution in [-0.4, -0.2) is 39.7 Å². The van der Waals surface area contributed by atoms with E-state index in [-0.39, 0.29) is 11.4 Å². The highest BCUT2D eigenvalue weighted by Crippen LogP contribution is 2.23. The van der Waals surface area contributed by atoms with Crippen LogP contribution < -0.4 is 10.9 Å². The van der Waals surface area contributed by atoms with E-state index in [1.165, 1.54) is 30.3 Å². The normalized spacial score (nSPS) is 11.6. The molecule has 1 amide bonds. The molecule has 12 heteroatoms. The van der Waals surface area contributed by atoms with Crippen LogP contribution in [0.15, 0.2) is 47.3 Å². The van der Waals surface area contributed by atoms with Gasteiger partial charge in [-0.1, -0.05) is 23.7 Å². The Morgan fingerprint density at radius 3 is 2.66 bits per heavy atom. The molecule has 3 rings (SSSR count). The molecule has 164 valence electrons. The van der Waals surface area contributed by atoms with Crippen molar-refractivity contribution >= 4 is 51.7 Å². The van der Waals surface area contributed by atoms with Gasteiger partial charge in [-0.25, -0.2) is 4.98 Å². The first-order chi connectivity index (χ1) is 15.2. The van der Waals surface area contributed by atoms with Gasteiger partial charge >= 0.3 is 5.97 Å². The fraction of sp³-hybridized carbons (Fsp3) is 0.150. The zero-order valence-electron chi connectivity index (χ0n) is 16.5. The number of hydrogen-bond acceptors (Lipinski definition) is 8. The topological polar surface area (TPSA) is 161 Å². The van der Waals surface area contributed by atoms with Crippen LogP contribution in [0.5, 0.6) is 0 Å². The molecule has 0 unspecified atom stereocenters. The molecule has 0 fully saturated rings. The fourth-order valence-electron chi connectivity index (χ4n) is 2.93. The van der Waals surface area contributed by atoms with Gasteiger partial charge in [0.15, 0.2) is 0 Å². The Morgan fingerprint density at radius 1 is 1.25 bits per heavy atom. The molecule has 1 aromatic heterocycles. The number of ketones is 1. The number of rotatable bonds is 7. The average molecular weight is 459 g/mol. The molecule has 0 aliphatic heterocycles.